The zero-order chi connectivity index (χ0) is 14.7. The zero-order valence-electron chi connectivity index (χ0n) is 11.8. The molecule has 0 heterocycles. The van der Waals surface area contributed by atoms with Crippen LogP contribution in [0.3, 0.4) is 0 Å². The first-order chi connectivity index (χ1) is 10.3. The lowest BCUT2D eigenvalue weighted by atomic mass is 9.98. The number of nitrogens with two attached hydrogens (primary N) is 1. The van der Waals surface area contributed by atoms with E-state index in [9.17, 15) is 0 Å². The summed E-state index contributed by atoms with van der Waals surface area (Å²) in [5.74, 6) is 0.130. The van der Waals surface area contributed by atoms with Crippen LogP contribution in [0.15, 0.2) is 53.7 Å². The van der Waals surface area contributed by atoms with Crippen LogP contribution in [-0.4, -0.2) is 17.1 Å². The van der Waals surface area contributed by atoms with Crippen molar-refractivity contribution < 1.29 is 5.21 Å². The van der Waals surface area contributed by atoms with Crippen LogP contribution in [-0.2, 0) is 6.54 Å². The van der Waals surface area contributed by atoms with E-state index in [1.165, 1.54) is 18.4 Å². The van der Waals surface area contributed by atoms with Gasteiger partial charge >= 0.3 is 0 Å². The number of hydrogen-bond donors (Lipinski definition) is 3. The summed E-state index contributed by atoms with van der Waals surface area (Å²) in [7, 11) is 0. The summed E-state index contributed by atoms with van der Waals surface area (Å²) in [6.07, 6.45) is 2.59. The molecule has 4 nitrogen and oxygen atoms in total. The average Bonchev–Trinajstić information content (AvgIpc) is 3.37. The minimum absolute atomic E-state index is 0.130. The molecule has 0 unspecified atom stereocenters. The fourth-order valence-corrected chi connectivity index (χ4v) is 2.36. The van der Waals surface area contributed by atoms with Crippen LogP contribution in [0.2, 0.25) is 0 Å². The van der Waals surface area contributed by atoms with Gasteiger partial charge < -0.3 is 16.3 Å². The molecule has 0 saturated heterocycles. The third-order valence-electron chi connectivity index (χ3n) is 3.75. The standard InChI is InChI=1S/C17H19N3O/c18-17(20-21)16-4-2-1-3-15(16)13-7-5-12(6-8-13)11-19-14-9-10-14/h1-8,14,19,21H,9-11H2,(H2,18,20). The van der Waals surface area contributed by atoms with Crippen molar-refractivity contribution in [2.75, 3.05) is 0 Å². The van der Waals surface area contributed by atoms with Gasteiger partial charge in [-0.1, -0.05) is 53.7 Å². The number of amidine groups is 1. The highest BCUT2D eigenvalue weighted by Gasteiger charge is 2.19. The summed E-state index contributed by atoms with van der Waals surface area (Å²) in [5, 5.41) is 15.5. The van der Waals surface area contributed by atoms with Gasteiger partial charge in [-0.05, 0) is 29.5 Å². The molecule has 1 fully saturated rings. The Balaban J connectivity index is 1.83. The van der Waals surface area contributed by atoms with E-state index in [4.69, 9.17) is 10.9 Å². The lowest BCUT2D eigenvalue weighted by Gasteiger charge is -2.09. The highest BCUT2D eigenvalue weighted by atomic mass is 16.4. The van der Waals surface area contributed by atoms with Gasteiger partial charge in [-0.15, -0.1) is 0 Å². The predicted molar refractivity (Wildman–Crippen MR) is 84.3 cm³/mol. The molecular formula is C17H19N3O. The lowest BCUT2D eigenvalue weighted by molar-refractivity contribution is 0.318. The summed E-state index contributed by atoms with van der Waals surface area (Å²) in [4.78, 5) is 0. The van der Waals surface area contributed by atoms with Crippen molar-refractivity contribution >= 4 is 5.84 Å². The predicted octanol–water partition coefficient (Wildman–Crippen LogP) is 2.70. The van der Waals surface area contributed by atoms with E-state index in [0.29, 0.717) is 6.04 Å². The van der Waals surface area contributed by atoms with Gasteiger partial charge in [0.25, 0.3) is 0 Å². The minimum atomic E-state index is 0.130. The van der Waals surface area contributed by atoms with E-state index in [1.54, 1.807) is 0 Å². The first-order valence-corrected chi connectivity index (χ1v) is 7.17. The highest BCUT2D eigenvalue weighted by molar-refractivity contribution is 6.03. The molecule has 4 heteroatoms. The summed E-state index contributed by atoms with van der Waals surface area (Å²) in [5.41, 5.74) is 9.78. The topological polar surface area (TPSA) is 70.6 Å². The number of rotatable bonds is 5. The normalized spacial score (nSPS) is 15.1. The third-order valence-corrected chi connectivity index (χ3v) is 3.75. The van der Waals surface area contributed by atoms with Crippen molar-refractivity contribution in [3.05, 3.63) is 59.7 Å². The van der Waals surface area contributed by atoms with Gasteiger partial charge in [0.05, 0.1) is 0 Å². The second-order valence-electron chi connectivity index (χ2n) is 5.38. The molecule has 3 rings (SSSR count). The van der Waals surface area contributed by atoms with Gasteiger partial charge in [-0.2, -0.15) is 0 Å². The summed E-state index contributed by atoms with van der Waals surface area (Å²) < 4.78 is 0. The largest absolute Gasteiger partial charge is 0.409 e. The van der Waals surface area contributed by atoms with Crippen LogP contribution in [0.5, 0.6) is 0 Å². The van der Waals surface area contributed by atoms with E-state index in [-0.39, 0.29) is 5.84 Å². The molecule has 1 saturated carbocycles. The van der Waals surface area contributed by atoms with Crippen LogP contribution in [0.1, 0.15) is 24.0 Å². The maximum atomic E-state index is 8.89. The molecule has 21 heavy (non-hydrogen) atoms. The Labute approximate surface area is 124 Å². The van der Waals surface area contributed by atoms with Gasteiger partial charge in [-0.3, -0.25) is 0 Å². The number of nitrogens with zero attached hydrogens (tertiary/aromatic N) is 1. The molecule has 0 aromatic heterocycles. The second-order valence-corrected chi connectivity index (χ2v) is 5.38. The molecule has 108 valence electrons. The van der Waals surface area contributed by atoms with Gasteiger partial charge in [0.1, 0.15) is 0 Å². The molecule has 0 amide bonds. The molecule has 0 spiro atoms. The first kappa shape index (κ1) is 13.6. The SMILES string of the molecule is NC(=NO)c1ccccc1-c1ccc(CNC2CC2)cc1. The fourth-order valence-electron chi connectivity index (χ4n) is 2.36. The molecule has 2 aromatic carbocycles. The van der Waals surface area contributed by atoms with E-state index >= 15 is 0 Å². The lowest BCUT2D eigenvalue weighted by Crippen LogP contribution is -2.15. The second kappa shape index (κ2) is 5.97. The third kappa shape index (κ3) is 3.23. The molecule has 0 radical (unpaired) electrons. The van der Waals surface area contributed by atoms with Crippen LogP contribution in [0.25, 0.3) is 11.1 Å². The van der Waals surface area contributed by atoms with Crippen LogP contribution >= 0.6 is 0 Å². The van der Waals surface area contributed by atoms with Gasteiger partial charge in [0, 0.05) is 18.2 Å². The van der Waals surface area contributed by atoms with Crippen molar-refractivity contribution in [3.8, 4) is 11.1 Å². The molecule has 0 atom stereocenters. The molecule has 1 aliphatic carbocycles. The van der Waals surface area contributed by atoms with Crippen molar-refractivity contribution in [3.63, 3.8) is 0 Å². The van der Waals surface area contributed by atoms with Crippen LogP contribution in [0, 0.1) is 0 Å². The summed E-state index contributed by atoms with van der Waals surface area (Å²) >= 11 is 0. The van der Waals surface area contributed by atoms with E-state index in [0.717, 1.165) is 23.2 Å². The van der Waals surface area contributed by atoms with E-state index in [1.807, 2.05) is 24.3 Å². The van der Waals surface area contributed by atoms with Gasteiger partial charge in [0.2, 0.25) is 0 Å². The smallest absolute Gasteiger partial charge is 0.170 e. The Morgan fingerprint density at radius 1 is 1.14 bits per heavy atom. The molecule has 4 N–H and O–H groups in total. The van der Waals surface area contributed by atoms with E-state index in [2.05, 4.69) is 34.7 Å². The molecule has 1 aliphatic rings. The van der Waals surface area contributed by atoms with Crippen molar-refractivity contribution in [1.29, 1.82) is 0 Å². The quantitative estimate of drug-likeness (QED) is 0.341. The van der Waals surface area contributed by atoms with Crippen molar-refractivity contribution in [1.82, 2.24) is 5.32 Å². The Morgan fingerprint density at radius 2 is 1.86 bits per heavy atom. The Morgan fingerprint density at radius 3 is 2.52 bits per heavy atom. The zero-order valence-corrected chi connectivity index (χ0v) is 11.8. The van der Waals surface area contributed by atoms with Crippen LogP contribution < -0.4 is 11.1 Å². The molecule has 0 bridgehead atoms. The minimum Gasteiger partial charge on any atom is -0.409 e. The number of benzene rings is 2. The number of oxime groups is 1. The summed E-state index contributed by atoms with van der Waals surface area (Å²) in [6.45, 7) is 0.910. The van der Waals surface area contributed by atoms with Gasteiger partial charge in [-0.25, -0.2) is 0 Å². The maximum absolute atomic E-state index is 8.89. The van der Waals surface area contributed by atoms with Crippen molar-refractivity contribution in [2.24, 2.45) is 10.9 Å². The Kier molecular flexibility index (Phi) is 3.88. The van der Waals surface area contributed by atoms with Crippen molar-refractivity contribution in [2.45, 2.75) is 25.4 Å². The number of nitrogens with one attached hydrogen (secondary N) is 1. The molecular weight excluding hydrogens is 262 g/mol. The summed E-state index contributed by atoms with van der Waals surface area (Å²) in [6, 6.07) is 16.8. The maximum Gasteiger partial charge on any atom is 0.170 e. The Hall–Kier alpha value is -2.33. The monoisotopic (exact) mass is 281 g/mol. The van der Waals surface area contributed by atoms with Gasteiger partial charge in [0.15, 0.2) is 5.84 Å². The highest BCUT2D eigenvalue weighted by Crippen LogP contribution is 2.24. The average molecular weight is 281 g/mol. The molecule has 0 aliphatic heterocycles. The molecule has 2 aromatic rings. The van der Waals surface area contributed by atoms with E-state index < -0.39 is 0 Å². The fraction of sp³-hybridized carbons (Fsp3) is 0.235. The Bertz CT molecular complexity index is 645. The first-order valence-electron chi connectivity index (χ1n) is 7.17. The van der Waals surface area contributed by atoms with Crippen LogP contribution in [0.4, 0.5) is 0 Å². The number of hydrogen-bond acceptors (Lipinski definition) is 3.